The Bertz CT molecular complexity index is 786. The minimum absolute atomic E-state index is 0.329. The Kier molecular flexibility index (Phi) is 12.8. The fraction of sp³-hybridized carbons (Fsp3) is 0.519. The number of carbonyl (C=O) groups excluding carboxylic acids is 1. The van der Waals surface area contributed by atoms with Gasteiger partial charge in [-0.15, -0.1) is 0 Å². The van der Waals surface area contributed by atoms with Gasteiger partial charge in [0, 0.05) is 0 Å². The molecule has 2 aromatic carbocycles. The Morgan fingerprint density at radius 1 is 0.688 bits per heavy atom. The summed E-state index contributed by atoms with van der Waals surface area (Å²) in [5.41, 5.74) is 1.94. The molecule has 2 rings (SSSR count). The number of rotatable bonds is 16. The van der Waals surface area contributed by atoms with Crippen LogP contribution in [0.2, 0.25) is 0 Å². The molecule has 32 heavy (non-hydrogen) atoms. The lowest BCUT2D eigenvalue weighted by Gasteiger charge is -2.06. The Hall–Kier alpha value is -2.69. The monoisotopic (exact) mass is 438 g/mol. The topological polar surface area (TPSA) is 60.2 Å². The molecule has 0 heterocycles. The molecule has 0 aromatic heterocycles. The van der Waals surface area contributed by atoms with Gasteiger partial charge in [-0.25, -0.2) is 4.79 Å². The van der Waals surface area contributed by atoms with Crippen LogP contribution in [0.1, 0.15) is 88.4 Å². The van der Waals surface area contributed by atoms with Gasteiger partial charge in [0.15, 0.2) is 0 Å². The molecule has 0 saturated carbocycles. The van der Waals surface area contributed by atoms with Gasteiger partial charge in [-0.3, -0.25) is 0 Å². The highest BCUT2D eigenvalue weighted by atomic mass is 16.5. The molecule has 0 N–H and O–H groups in total. The lowest BCUT2D eigenvalue weighted by atomic mass is 10.1. The van der Waals surface area contributed by atoms with Crippen molar-refractivity contribution >= 4 is 17.3 Å². The van der Waals surface area contributed by atoms with E-state index in [0.29, 0.717) is 17.9 Å². The quantitative estimate of drug-likeness (QED) is 0.150. The van der Waals surface area contributed by atoms with Crippen LogP contribution in [0.15, 0.2) is 58.8 Å². The van der Waals surface area contributed by atoms with Gasteiger partial charge >= 0.3 is 5.97 Å². The summed E-state index contributed by atoms with van der Waals surface area (Å²) in [6.07, 6.45) is 13.2. The van der Waals surface area contributed by atoms with E-state index in [1.165, 1.54) is 57.8 Å². The van der Waals surface area contributed by atoms with Crippen molar-refractivity contribution in [3.63, 3.8) is 0 Å². The maximum atomic E-state index is 11.7. The summed E-state index contributed by atoms with van der Waals surface area (Å²) in [5.74, 6) is 0.531. The molecule has 0 fully saturated rings. The van der Waals surface area contributed by atoms with E-state index >= 15 is 0 Å². The lowest BCUT2D eigenvalue weighted by molar-refractivity contribution is 0.0526. The molecule has 0 aliphatic rings. The molecule has 0 spiro atoms. The third-order valence-electron chi connectivity index (χ3n) is 5.26. The molecule has 0 atom stereocenters. The van der Waals surface area contributed by atoms with Gasteiger partial charge in [0.1, 0.15) is 5.75 Å². The van der Waals surface area contributed by atoms with Gasteiger partial charge < -0.3 is 9.47 Å². The van der Waals surface area contributed by atoms with Gasteiger partial charge in [0.05, 0.1) is 30.2 Å². The summed E-state index contributed by atoms with van der Waals surface area (Å²) in [6, 6.07) is 14.5. The largest absolute Gasteiger partial charge is 0.494 e. The van der Waals surface area contributed by atoms with E-state index in [-0.39, 0.29) is 5.97 Å². The molecule has 0 aliphatic carbocycles. The van der Waals surface area contributed by atoms with Crippen molar-refractivity contribution in [3.05, 3.63) is 54.1 Å². The standard InChI is InChI=1S/C27H38N2O3/c1-3-5-6-7-8-9-10-11-12-13-22-32-26-20-18-25(19-21-26)29-28-24-16-14-23(15-17-24)27(30)31-4-2/h14-21H,3-13,22H2,1-2H3. The van der Waals surface area contributed by atoms with Crippen LogP contribution >= 0.6 is 0 Å². The van der Waals surface area contributed by atoms with Gasteiger partial charge in [-0.1, -0.05) is 64.7 Å². The highest BCUT2D eigenvalue weighted by Crippen LogP contribution is 2.22. The Balaban J connectivity index is 1.61. The van der Waals surface area contributed by atoms with E-state index in [9.17, 15) is 4.79 Å². The lowest BCUT2D eigenvalue weighted by Crippen LogP contribution is -2.03. The van der Waals surface area contributed by atoms with Crippen molar-refractivity contribution in [1.82, 2.24) is 0 Å². The summed E-state index contributed by atoms with van der Waals surface area (Å²) < 4.78 is 10.8. The second-order valence-electron chi connectivity index (χ2n) is 7.99. The number of unbranched alkanes of at least 4 members (excludes halogenated alkanes) is 9. The Morgan fingerprint density at radius 2 is 1.19 bits per heavy atom. The molecule has 2 aromatic rings. The van der Waals surface area contributed by atoms with E-state index < -0.39 is 0 Å². The van der Waals surface area contributed by atoms with Crippen LogP contribution in [0.4, 0.5) is 11.4 Å². The number of ether oxygens (including phenoxy) is 2. The predicted octanol–water partition coefficient (Wildman–Crippen LogP) is 8.58. The van der Waals surface area contributed by atoms with E-state index in [0.717, 1.165) is 24.5 Å². The molecule has 174 valence electrons. The fourth-order valence-corrected chi connectivity index (χ4v) is 3.38. The number of hydrogen-bond acceptors (Lipinski definition) is 5. The van der Waals surface area contributed by atoms with Crippen LogP contribution in [-0.4, -0.2) is 19.2 Å². The average Bonchev–Trinajstić information content (AvgIpc) is 2.82. The van der Waals surface area contributed by atoms with Crippen molar-refractivity contribution in [3.8, 4) is 5.75 Å². The molecular formula is C27H38N2O3. The zero-order chi connectivity index (χ0) is 22.9. The van der Waals surface area contributed by atoms with Crippen LogP contribution in [0.3, 0.4) is 0 Å². The first kappa shape index (κ1) is 25.6. The van der Waals surface area contributed by atoms with Gasteiger partial charge in [-0.05, 0) is 61.9 Å². The molecule has 5 heteroatoms. The van der Waals surface area contributed by atoms with Crippen LogP contribution in [0.5, 0.6) is 5.75 Å². The van der Waals surface area contributed by atoms with Crippen molar-refractivity contribution in [2.75, 3.05) is 13.2 Å². The Morgan fingerprint density at radius 3 is 1.72 bits per heavy atom. The van der Waals surface area contributed by atoms with E-state index in [2.05, 4.69) is 17.2 Å². The number of azo groups is 1. The van der Waals surface area contributed by atoms with Crippen molar-refractivity contribution in [2.24, 2.45) is 10.2 Å². The molecule has 0 saturated heterocycles. The van der Waals surface area contributed by atoms with Crippen LogP contribution in [0, 0.1) is 0 Å². The highest BCUT2D eigenvalue weighted by molar-refractivity contribution is 5.89. The third-order valence-corrected chi connectivity index (χ3v) is 5.26. The maximum absolute atomic E-state index is 11.7. The van der Waals surface area contributed by atoms with Crippen LogP contribution in [0.25, 0.3) is 0 Å². The second-order valence-corrected chi connectivity index (χ2v) is 7.99. The normalized spacial score (nSPS) is 11.1. The molecular weight excluding hydrogens is 400 g/mol. The third kappa shape index (κ3) is 10.6. The Labute approximate surface area is 193 Å². The van der Waals surface area contributed by atoms with Crippen molar-refractivity contribution in [1.29, 1.82) is 0 Å². The number of benzene rings is 2. The first-order valence-corrected chi connectivity index (χ1v) is 12.1. The molecule has 5 nitrogen and oxygen atoms in total. The second kappa shape index (κ2) is 16.0. The summed E-state index contributed by atoms with van der Waals surface area (Å²) in [4.78, 5) is 11.7. The molecule has 0 radical (unpaired) electrons. The average molecular weight is 439 g/mol. The predicted molar refractivity (Wildman–Crippen MR) is 130 cm³/mol. The molecule has 0 bridgehead atoms. The summed E-state index contributed by atoms with van der Waals surface area (Å²) in [5, 5.41) is 8.46. The molecule has 0 unspecified atom stereocenters. The minimum atomic E-state index is -0.329. The first-order valence-electron chi connectivity index (χ1n) is 12.1. The van der Waals surface area contributed by atoms with Crippen molar-refractivity contribution < 1.29 is 14.3 Å². The van der Waals surface area contributed by atoms with E-state index in [4.69, 9.17) is 9.47 Å². The number of nitrogens with zero attached hydrogens (tertiary/aromatic N) is 2. The van der Waals surface area contributed by atoms with Crippen LogP contribution < -0.4 is 4.74 Å². The smallest absolute Gasteiger partial charge is 0.338 e. The number of esters is 1. The molecule has 0 aliphatic heterocycles. The minimum Gasteiger partial charge on any atom is -0.494 e. The maximum Gasteiger partial charge on any atom is 0.338 e. The summed E-state index contributed by atoms with van der Waals surface area (Å²) >= 11 is 0. The number of hydrogen-bond donors (Lipinski definition) is 0. The van der Waals surface area contributed by atoms with Gasteiger partial charge in [-0.2, -0.15) is 10.2 Å². The van der Waals surface area contributed by atoms with E-state index in [1.54, 1.807) is 31.2 Å². The zero-order valence-corrected chi connectivity index (χ0v) is 19.7. The number of carbonyl (C=O) groups is 1. The fourth-order valence-electron chi connectivity index (χ4n) is 3.38. The molecule has 0 amide bonds. The summed E-state index contributed by atoms with van der Waals surface area (Å²) in [7, 11) is 0. The van der Waals surface area contributed by atoms with Crippen molar-refractivity contribution in [2.45, 2.75) is 78.1 Å². The van der Waals surface area contributed by atoms with Gasteiger partial charge in [0.2, 0.25) is 0 Å². The van der Waals surface area contributed by atoms with Crippen LogP contribution in [-0.2, 0) is 4.74 Å². The zero-order valence-electron chi connectivity index (χ0n) is 19.7. The first-order chi connectivity index (χ1) is 15.7. The van der Waals surface area contributed by atoms with Gasteiger partial charge in [0.25, 0.3) is 0 Å². The SMILES string of the molecule is CCCCCCCCCCCCOc1ccc(N=Nc2ccc(C(=O)OCC)cc2)cc1. The highest BCUT2D eigenvalue weighted by Gasteiger charge is 2.05. The van der Waals surface area contributed by atoms with E-state index in [1.807, 2.05) is 24.3 Å². The summed E-state index contributed by atoms with van der Waals surface area (Å²) in [6.45, 7) is 5.16.